The fourth-order valence-electron chi connectivity index (χ4n) is 2.47. The van der Waals surface area contributed by atoms with Crippen molar-refractivity contribution in [1.82, 2.24) is 10.1 Å². The lowest BCUT2D eigenvalue weighted by Crippen LogP contribution is -2.26. The van der Waals surface area contributed by atoms with Crippen LogP contribution < -0.4 is 5.73 Å². The molecule has 6 heteroatoms. The molecule has 1 aromatic rings. The summed E-state index contributed by atoms with van der Waals surface area (Å²) in [6.45, 7) is 0.653. The number of aromatic nitrogens is 2. The lowest BCUT2D eigenvalue weighted by Gasteiger charge is -2.24. The summed E-state index contributed by atoms with van der Waals surface area (Å²) in [5.41, 5.74) is 5.01. The maximum absolute atomic E-state index is 10.9. The Bertz CT molecular complexity index is 396. The highest BCUT2D eigenvalue weighted by Crippen LogP contribution is 2.42. The van der Waals surface area contributed by atoms with E-state index in [1.54, 1.807) is 7.11 Å². The van der Waals surface area contributed by atoms with E-state index in [0.29, 0.717) is 12.4 Å². The van der Waals surface area contributed by atoms with Crippen LogP contribution in [-0.2, 0) is 10.2 Å². The maximum atomic E-state index is 10.9. The second kappa shape index (κ2) is 4.83. The van der Waals surface area contributed by atoms with Gasteiger partial charge in [-0.1, -0.05) is 18.0 Å². The molecule has 0 saturated heterocycles. The molecule has 1 aromatic heterocycles. The Kier molecular flexibility index (Phi) is 3.42. The highest BCUT2D eigenvalue weighted by atomic mass is 16.5. The Morgan fingerprint density at radius 2 is 2.24 bits per heavy atom. The van der Waals surface area contributed by atoms with E-state index < -0.39 is 5.91 Å². The molecule has 1 saturated carbocycles. The normalized spacial score (nSPS) is 18.4. The number of ether oxygens (including phenoxy) is 1. The number of hydrogen-bond acceptors (Lipinski definition) is 5. The Hall–Kier alpha value is -1.43. The molecular weight excluding hydrogens is 222 g/mol. The van der Waals surface area contributed by atoms with Crippen molar-refractivity contribution in [2.24, 2.45) is 5.73 Å². The van der Waals surface area contributed by atoms with E-state index in [4.69, 9.17) is 15.0 Å². The van der Waals surface area contributed by atoms with E-state index in [1.165, 1.54) is 0 Å². The number of hydrogen-bond donors (Lipinski definition) is 1. The Balaban J connectivity index is 2.22. The van der Waals surface area contributed by atoms with E-state index >= 15 is 0 Å². The molecule has 17 heavy (non-hydrogen) atoms. The van der Waals surface area contributed by atoms with E-state index in [1.807, 2.05) is 0 Å². The Morgan fingerprint density at radius 1 is 1.53 bits per heavy atom. The van der Waals surface area contributed by atoms with Gasteiger partial charge in [0.25, 0.3) is 0 Å². The van der Waals surface area contributed by atoms with Crippen LogP contribution in [0.5, 0.6) is 0 Å². The van der Waals surface area contributed by atoms with Gasteiger partial charge in [0.15, 0.2) is 5.82 Å². The van der Waals surface area contributed by atoms with Gasteiger partial charge < -0.3 is 15.0 Å². The predicted octanol–water partition coefficient (Wildman–Crippen LogP) is 1.02. The first-order valence-corrected chi connectivity index (χ1v) is 5.81. The zero-order valence-electron chi connectivity index (χ0n) is 9.94. The van der Waals surface area contributed by atoms with Crippen LogP contribution in [0.2, 0.25) is 0 Å². The Morgan fingerprint density at radius 3 is 2.76 bits per heavy atom. The fraction of sp³-hybridized carbons (Fsp3) is 0.727. The molecule has 2 N–H and O–H groups in total. The predicted molar refractivity (Wildman–Crippen MR) is 59.5 cm³/mol. The van der Waals surface area contributed by atoms with Crippen LogP contribution in [-0.4, -0.2) is 29.8 Å². The molecule has 1 aliphatic rings. The van der Waals surface area contributed by atoms with Crippen molar-refractivity contribution >= 4 is 5.91 Å². The molecule has 0 unspecified atom stereocenters. The van der Waals surface area contributed by atoms with Gasteiger partial charge in [0.1, 0.15) is 0 Å². The number of rotatable bonds is 5. The number of primary amides is 1. The van der Waals surface area contributed by atoms with Gasteiger partial charge in [0.2, 0.25) is 0 Å². The molecule has 0 radical (unpaired) electrons. The minimum atomic E-state index is -0.677. The molecule has 1 fully saturated rings. The zero-order chi connectivity index (χ0) is 12.3. The van der Waals surface area contributed by atoms with Crippen molar-refractivity contribution in [3.05, 3.63) is 11.7 Å². The summed E-state index contributed by atoms with van der Waals surface area (Å²) in [5, 5.41) is 3.90. The van der Waals surface area contributed by atoms with Gasteiger partial charge in [-0.15, -0.1) is 0 Å². The molecule has 0 atom stereocenters. The minimum Gasteiger partial charge on any atom is -0.385 e. The van der Waals surface area contributed by atoms with Gasteiger partial charge in [-0.3, -0.25) is 4.79 Å². The van der Waals surface area contributed by atoms with Crippen molar-refractivity contribution in [3.8, 4) is 0 Å². The molecule has 1 heterocycles. The van der Waals surface area contributed by atoms with Crippen LogP contribution in [0.15, 0.2) is 4.52 Å². The number of nitrogens with zero attached hydrogens (tertiary/aromatic N) is 2. The lowest BCUT2D eigenvalue weighted by atomic mass is 9.82. The van der Waals surface area contributed by atoms with Crippen molar-refractivity contribution in [3.63, 3.8) is 0 Å². The molecule has 1 aliphatic carbocycles. The van der Waals surface area contributed by atoms with Gasteiger partial charge in [0, 0.05) is 19.1 Å². The van der Waals surface area contributed by atoms with Crippen LogP contribution in [0.3, 0.4) is 0 Å². The highest BCUT2D eigenvalue weighted by Gasteiger charge is 2.39. The first kappa shape index (κ1) is 12.0. The summed E-state index contributed by atoms with van der Waals surface area (Å²) in [4.78, 5) is 15.1. The number of carbonyl (C=O) groups is 1. The van der Waals surface area contributed by atoms with Crippen LogP contribution in [0.25, 0.3) is 0 Å². The maximum Gasteiger partial charge on any atom is 0.315 e. The molecule has 0 aromatic carbocycles. The van der Waals surface area contributed by atoms with Crippen LogP contribution in [0, 0.1) is 0 Å². The third-order valence-corrected chi connectivity index (χ3v) is 3.46. The first-order chi connectivity index (χ1) is 8.18. The molecule has 0 bridgehead atoms. The quantitative estimate of drug-likeness (QED) is 0.828. The number of carbonyl (C=O) groups excluding carboxylic acids is 1. The topological polar surface area (TPSA) is 91.2 Å². The molecule has 2 rings (SSSR count). The molecule has 1 amide bonds. The number of amides is 1. The van der Waals surface area contributed by atoms with E-state index in [-0.39, 0.29) is 11.3 Å². The largest absolute Gasteiger partial charge is 0.385 e. The van der Waals surface area contributed by atoms with Gasteiger partial charge in [-0.25, -0.2) is 0 Å². The van der Waals surface area contributed by atoms with Gasteiger partial charge in [-0.2, -0.15) is 4.98 Å². The summed E-state index contributed by atoms with van der Waals surface area (Å²) in [6, 6.07) is 0. The summed E-state index contributed by atoms with van der Waals surface area (Å²) in [6.07, 6.45) is 5.15. The lowest BCUT2D eigenvalue weighted by molar-refractivity contribution is 0.0958. The minimum absolute atomic E-state index is 0.104. The van der Waals surface area contributed by atoms with Crippen LogP contribution >= 0.6 is 0 Å². The van der Waals surface area contributed by atoms with Gasteiger partial charge >= 0.3 is 11.8 Å². The van der Waals surface area contributed by atoms with E-state index in [9.17, 15) is 4.79 Å². The standard InChI is InChI=1S/C11H17N3O3/c1-16-7-6-11(4-2-3-5-11)10-13-9(8(12)15)17-14-10/h2-7H2,1H3,(H2,12,15). The van der Waals surface area contributed by atoms with Crippen molar-refractivity contribution in [1.29, 1.82) is 0 Å². The van der Waals surface area contributed by atoms with E-state index in [2.05, 4.69) is 10.1 Å². The second-order valence-corrected chi connectivity index (χ2v) is 4.52. The summed E-state index contributed by atoms with van der Waals surface area (Å²) in [5.74, 6) is -0.187. The second-order valence-electron chi connectivity index (χ2n) is 4.52. The van der Waals surface area contributed by atoms with Gasteiger partial charge in [0.05, 0.1) is 0 Å². The summed E-state index contributed by atoms with van der Waals surface area (Å²) >= 11 is 0. The summed E-state index contributed by atoms with van der Waals surface area (Å²) < 4.78 is 9.99. The SMILES string of the molecule is COCCC1(c2noc(C(N)=O)n2)CCCC1. The van der Waals surface area contributed by atoms with Crippen LogP contribution in [0.4, 0.5) is 0 Å². The molecule has 0 spiro atoms. The third-order valence-electron chi connectivity index (χ3n) is 3.46. The van der Waals surface area contributed by atoms with Crippen molar-refractivity contribution < 1.29 is 14.1 Å². The Labute approximate surface area is 99.5 Å². The first-order valence-electron chi connectivity index (χ1n) is 5.81. The zero-order valence-corrected chi connectivity index (χ0v) is 9.94. The molecular formula is C11H17N3O3. The fourth-order valence-corrected chi connectivity index (χ4v) is 2.47. The average Bonchev–Trinajstić information content (AvgIpc) is 2.95. The van der Waals surface area contributed by atoms with Crippen LogP contribution in [0.1, 0.15) is 48.6 Å². The van der Waals surface area contributed by atoms with Crippen molar-refractivity contribution in [2.45, 2.75) is 37.5 Å². The monoisotopic (exact) mass is 239 g/mol. The van der Waals surface area contributed by atoms with Crippen molar-refractivity contribution in [2.75, 3.05) is 13.7 Å². The number of nitrogens with two attached hydrogens (primary N) is 1. The molecule has 6 nitrogen and oxygen atoms in total. The van der Waals surface area contributed by atoms with E-state index in [0.717, 1.165) is 32.1 Å². The molecule has 94 valence electrons. The van der Waals surface area contributed by atoms with Gasteiger partial charge in [-0.05, 0) is 19.3 Å². The third kappa shape index (κ3) is 2.31. The highest BCUT2D eigenvalue weighted by molar-refractivity contribution is 5.87. The smallest absolute Gasteiger partial charge is 0.315 e. The summed E-state index contributed by atoms with van der Waals surface area (Å²) in [7, 11) is 1.67. The number of methoxy groups -OCH3 is 1. The molecule has 0 aliphatic heterocycles. The average molecular weight is 239 g/mol.